The van der Waals surface area contributed by atoms with Gasteiger partial charge in [-0.3, -0.25) is 48.1 Å². The molecule has 0 fully saturated rings. The number of nitrogens with one attached hydrogen (secondary N) is 6. The Balaban J connectivity index is 1.69. The maximum Gasteiger partial charge on any atom is 0.294 e. The quantitative estimate of drug-likeness (QED) is 0.0399. The molecule has 3 aromatic heterocycles. The molecule has 64 heavy (non-hydrogen) atoms. The molecule has 350 valence electrons. The molecule has 0 aromatic carbocycles. The van der Waals surface area contributed by atoms with Gasteiger partial charge in [0.05, 0.1) is 16.7 Å². The van der Waals surface area contributed by atoms with Crippen LogP contribution in [0.15, 0.2) is 32.6 Å². The summed E-state index contributed by atoms with van der Waals surface area (Å²) >= 11 is 0. The normalized spacial score (nSPS) is 10.9. The summed E-state index contributed by atoms with van der Waals surface area (Å²) in [6, 6.07) is 3.78. The summed E-state index contributed by atoms with van der Waals surface area (Å²) in [4.78, 5) is 116. The van der Waals surface area contributed by atoms with E-state index in [4.69, 9.17) is 17.2 Å². The number of amides is 6. The standard InChI is InChI=1S/C39H57N13O12/c1-22-16-25(34(59)46-7-4-40)31(56)37(62)50(22)19-28(53)43-10-13-49(14-11-44-29(54)20-51-23(2)17-26(32(57)38(51)63)35(60)47-8-5-41)15-12-45-30(55)21-52-24(3)18-27(33(58)39(52)64)36(61)48-9-6-42/h16-18,56-58H,4-15,19-21,40-42H2,1-3H3,(H,43,53)(H,44,54)(H,45,55)(H,46,59)(H,47,60)(H,48,61). The first-order chi connectivity index (χ1) is 30.4. The lowest BCUT2D eigenvalue weighted by atomic mass is 10.2. The molecule has 25 nitrogen and oxygen atoms in total. The summed E-state index contributed by atoms with van der Waals surface area (Å²) < 4.78 is 2.96. The topological polar surface area (TPSA) is 383 Å². The van der Waals surface area contributed by atoms with Crippen LogP contribution in [-0.4, -0.2) is 148 Å². The van der Waals surface area contributed by atoms with Gasteiger partial charge in [0.1, 0.15) is 19.6 Å². The van der Waals surface area contributed by atoms with Gasteiger partial charge >= 0.3 is 0 Å². The van der Waals surface area contributed by atoms with Gasteiger partial charge in [0, 0.05) is 95.6 Å². The van der Waals surface area contributed by atoms with Gasteiger partial charge in [-0.05, 0) is 39.0 Å². The summed E-state index contributed by atoms with van der Waals surface area (Å²) in [7, 11) is 0. The molecule has 25 heteroatoms. The van der Waals surface area contributed by atoms with E-state index in [1.54, 1.807) is 4.90 Å². The molecule has 3 heterocycles. The average molecular weight is 900 g/mol. The van der Waals surface area contributed by atoms with Crippen molar-refractivity contribution >= 4 is 35.4 Å². The highest BCUT2D eigenvalue weighted by atomic mass is 16.3. The average Bonchev–Trinajstić information content (AvgIpc) is 3.26. The molecule has 0 aliphatic carbocycles. The summed E-state index contributed by atoms with van der Waals surface area (Å²) in [5.74, 6) is -6.53. The lowest BCUT2D eigenvalue weighted by molar-refractivity contribution is -0.122. The molecule has 0 spiro atoms. The fraction of sp³-hybridized carbons (Fsp3) is 0.462. The van der Waals surface area contributed by atoms with Crippen molar-refractivity contribution in [3.05, 3.63) is 83.0 Å². The molecule has 6 amide bonds. The number of nitrogens with two attached hydrogens (primary N) is 3. The maximum atomic E-state index is 13.0. The van der Waals surface area contributed by atoms with E-state index in [2.05, 4.69) is 31.9 Å². The zero-order valence-corrected chi connectivity index (χ0v) is 35.9. The van der Waals surface area contributed by atoms with Crippen molar-refractivity contribution < 1.29 is 44.1 Å². The highest BCUT2D eigenvalue weighted by Gasteiger charge is 2.22. The second-order valence-electron chi connectivity index (χ2n) is 14.3. The van der Waals surface area contributed by atoms with Gasteiger partial charge in [-0.1, -0.05) is 0 Å². The minimum Gasteiger partial charge on any atom is -0.502 e. The van der Waals surface area contributed by atoms with Gasteiger partial charge in [-0.15, -0.1) is 0 Å². The molecular formula is C39H57N13O12. The first-order valence-corrected chi connectivity index (χ1v) is 20.1. The minimum absolute atomic E-state index is 0.00176. The Kier molecular flexibility index (Phi) is 19.6. The number of pyridine rings is 3. The monoisotopic (exact) mass is 899 g/mol. The summed E-state index contributed by atoms with van der Waals surface area (Å²) in [5.41, 5.74) is 13.1. The fourth-order valence-electron chi connectivity index (χ4n) is 6.22. The minimum atomic E-state index is -0.964. The SMILES string of the molecule is Cc1cc(C(=O)NCCN)c(O)c(=O)n1CC(=O)NCCN(CCNC(=O)Cn1c(C)cc(C(=O)NCCN)c(O)c1=O)CCNC(=O)Cn1c(C)cc(C(=O)NCCN)c(O)c1=O. The van der Waals surface area contributed by atoms with Gasteiger partial charge in [-0.25, -0.2) is 0 Å². The molecule has 3 rings (SSSR count). The molecule has 0 radical (unpaired) electrons. The Morgan fingerprint density at radius 2 is 0.719 bits per heavy atom. The van der Waals surface area contributed by atoms with Crippen molar-refractivity contribution in [1.29, 1.82) is 0 Å². The van der Waals surface area contributed by atoms with E-state index in [0.29, 0.717) is 0 Å². The van der Waals surface area contributed by atoms with E-state index in [1.165, 1.54) is 39.0 Å². The number of aromatic nitrogens is 3. The molecule has 0 saturated heterocycles. The van der Waals surface area contributed by atoms with Crippen LogP contribution in [0.25, 0.3) is 0 Å². The lowest BCUT2D eigenvalue weighted by Crippen LogP contribution is -2.45. The number of nitrogens with zero attached hydrogens (tertiary/aromatic N) is 4. The number of rotatable bonds is 24. The van der Waals surface area contributed by atoms with Crippen LogP contribution in [0.2, 0.25) is 0 Å². The predicted molar refractivity (Wildman–Crippen MR) is 231 cm³/mol. The van der Waals surface area contributed by atoms with Crippen LogP contribution in [0, 0.1) is 20.8 Å². The largest absolute Gasteiger partial charge is 0.502 e. The first-order valence-electron chi connectivity index (χ1n) is 20.1. The zero-order chi connectivity index (χ0) is 47.7. The van der Waals surface area contributed by atoms with E-state index >= 15 is 0 Å². The van der Waals surface area contributed by atoms with Gasteiger partial charge in [0.25, 0.3) is 34.4 Å². The first kappa shape index (κ1) is 51.3. The van der Waals surface area contributed by atoms with Crippen molar-refractivity contribution in [3.63, 3.8) is 0 Å². The van der Waals surface area contributed by atoms with E-state index < -0.39 is 89.0 Å². The number of aryl methyl sites for hydroxylation is 3. The maximum absolute atomic E-state index is 13.0. The summed E-state index contributed by atoms with van der Waals surface area (Å²) in [6.45, 7) is 4.07. The van der Waals surface area contributed by atoms with Crippen molar-refractivity contribution in [1.82, 2.24) is 50.5 Å². The number of hydrogen-bond acceptors (Lipinski definition) is 16. The van der Waals surface area contributed by atoms with Crippen LogP contribution in [0.1, 0.15) is 48.2 Å². The molecule has 0 unspecified atom stereocenters. The van der Waals surface area contributed by atoms with E-state index in [-0.39, 0.29) is 112 Å². The van der Waals surface area contributed by atoms with Crippen LogP contribution in [-0.2, 0) is 34.0 Å². The van der Waals surface area contributed by atoms with Crippen molar-refractivity contribution in [2.24, 2.45) is 17.2 Å². The van der Waals surface area contributed by atoms with Gasteiger partial charge in [-0.2, -0.15) is 0 Å². The summed E-state index contributed by atoms with van der Waals surface area (Å²) in [6.07, 6.45) is 0. The number of hydrogen-bond donors (Lipinski definition) is 12. The Labute approximate surface area is 366 Å². The lowest BCUT2D eigenvalue weighted by Gasteiger charge is -2.23. The molecule has 0 atom stereocenters. The van der Waals surface area contributed by atoms with Crippen LogP contribution >= 0.6 is 0 Å². The van der Waals surface area contributed by atoms with Crippen molar-refractivity contribution in [3.8, 4) is 17.2 Å². The predicted octanol–water partition coefficient (Wildman–Crippen LogP) is -5.67. The zero-order valence-electron chi connectivity index (χ0n) is 35.9. The number of carbonyl (C=O) groups excluding carboxylic acids is 6. The van der Waals surface area contributed by atoms with Crippen LogP contribution < -0.4 is 65.8 Å². The smallest absolute Gasteiger partial charge is 0.294 e. The van der Waals surface area contributed by atoms with E-state index in [0.717, 1.165) is 13.7 Å². The third-order valence-corrected chi connectivity index (χ3v) is 9.62. The molecule has 0 bridgehead atoms. The van der Waals surface area contributed by atoms with Gasteiger partial charge in [0.2, 0.25) is 17.7 Å². The van der Waals surface area contributed by atoms with E-state index in [1.807, 2.05) is 0 Å². The second-order valence-corrected chi connectivity index (χ2v) is 14.3. The Hall–Kier alpha value is -7.09. The molecule has 0 saturated carbocycles. The molecule has 0 aliphatic heterocycles. The fourth-order valence-corrected chi connectivity index (χ4v) is 6.22. The molecular weight excluding hydrogens is 843 g/mol. The van der Waals surface area contributed by atoms with Crippen molar-refractivity contribution in [2.75, 3.05) is 78.5 Å². The third-order valence-electron chi connectivity index (χ3n) is 9.62. The Morgan fingerprint density at radius 1 is 0.469 bits per heavy atom. The van der Waals surface area contributed by atoms with Crippen LogP contribution in [0.3, 0.4) is 0 Å². The molecule has 3 aromatic rings. The van der Waals surface area contributed by atoms with E-state index in [9.17, 15) is 58.5 Å². The third kappa shape index (κ3) is 14.0. The van der Waals surface area contributed by atoms with Gasteiger partial charge < -0.3 is 78.1 Å². The van der Waals surface area contributed by atoms with Crippen LogP contribution in [0.4, 0.5) is 0 Å². The Morgan fingerprint density at radius 3 is 0.953 bits per heavy atom. The summed E-state index contributed by atoms with van der Waals surface area (Å²) in [5, 5.41) is 46.6. The highest BCUT2D eigenvalue weighted by molar-refractivity contribution is 5.98. The Bertz CT molecular complexity index is 2130. The van der Waals surface area contributed by atoms with Crippen molar-refractivity contribution in [2.45, 2.75) is 40.4 Å². The number of aromatic hydroxyl groups is 3. The second kappa shape index (κ2) is 24.5. The van der Waals surface area contributed by atoms with Crippen LogP contribution in [0.5, 0.6) is 17.2 Å². The highest BCUT2D eigenvalue weighted by Crippen LogP contribution is 2.16. The van der Waals surface area contributed by atoms with Gasteiger partial charge in [0.15, 0.2) is 17.2 Å². The molecule has 15 N–H and O–H groups in total. The number of carbonyl (C=O) groups is 6. The molecule has 0 aliphatic rings.